The van der Waals surface area contributed by atoms with Crippen molar-refractivity contribution in [2.45, 2.75) is 24.9 Å². The van der Waals surface area contributed by atoms with Crippen LogP contribution in [0.4, 0.5) is 5.82 Å². The number of anilines is 1. The van der Waals surface area contributed by atoms with Crippen molar-refractivity contribution >= 4 is 29.0 Å². The number of methoxy groups -OCH3 is 3. The van der Waals surface area contributed by atoms with Gasteiger partial charge < -0.3 is 29.0 Å². The Kier molecular flexibility index (Phi) is 7.51. The lowest BCUT2D eigenvalue weighted by molar-refractivity contribution is -0.130. The van der Waals surface area contributed by atoms with Crippen molar-refractivity contribution < 1.29 is 33.3 Å². The van der Waals surface area contributed by atoms with Gasteiger partial charge in [0, 0.05) is 43.3 Å². The van der Waals surface area contributed by atoms with Crippen LogP contribution in [0.2, 0.25) is 5.02 Å². The van der Waals surface area contributed by atoms with Crippen molar-refractivity contribution in [3.05, 3.63) is 90.7 Å². The Morgan fingerprint density at radius 1 is 1.00 bits per heavy atom. The van der Waals surface area contributed by atoms with Crippen LogP contribution in [0.15, 0.2) is 57.8 Å². The first-order valence-corrected chi connectivity index (χ1v) is 14.8. The van der Waals surface area contributed by atoms with E-state index in [1.807, 2.05) is 0 Å². The van der Waals surface area contributed by atoms with Crippen LogP contribution in [0.25, 0.3) is 0 Å². The number of allylic oxidation sites excluding steroid dienone is 1. The summed E-state index contributed by atoms with van der Waals surface area (Å²) in [5.41, 5.74) is -1.92. The number of ether oxygens (including phenoxy) is 5. The molecule has 46 heavy (non-hydrogen) atoms. The molecule has 1 aliphatic carbocycles. The molecule has 0 bridgehead atoms. The van der Waals surface area contributed by atoms with E-state index in [2.05, 4.69) is 11.9 Å². The molecule has 3 aliphatic rings. The fourth-order valence-electron chi connectivity index (χ4n) is 6.66. The molecule has 1 spiro atoms. The van der Waals surface area contributed by atoms with Gasteiger partial charge in [-0.1, -0.05) is 37.2 Å². The minimum absolute atomic E-state index is 0.0179. The van der Waals surface area contributed by atoms with E-state index in [4.69, 9.17) is 35.3 Å². The topological polar surface area (TPSA) is 136 Å². The zero-order chi connectivity index (χ0) is 33.2. The molecule has 2 aliphatic heterocycles. The minimum atomic E-state index is -2.03. The van der Waals surface area contributed by atoms with E-state index in [0.29, 0.717) is 22.8 Å². The molecule has 0 radical (unpaired) electrons. The largest absolute Gasteiger partial charge is 0.496 e. The molecule has 1 N–H and O–H groups in total. The summed E-state index contributed by atoms with van der Waals surface area (Å²) >= 11 is 6.63. The summed E-state index contributed by atoms with van der Waals surface area (Å²) in [6, 6.07) is 6.52. The molecule has 3 heterocycles. The molecule has 2 aromatic carbocycles. The van der Waals surface area contributed by atoms with E-state index in [0.717, 1.165) is 4.57 Å². The first kappa shape index (κ1) is 31.0. The quantitative estimate of drug-likeness (QED) is 0.298. The van der Waals surface area contributed by atoms with Crippen molar-refractivity contribution in [1.29, 1.82) is 0 Å². The fourth-order valence-corrected chi connectivity index (χ4v) is 6.92. The molecule has 0 fully saturated rings. The standard InChI is InChI=1S/C33H32ClN3O9/c1-8-11-45-19-13-16(9-10-18(19)42-5)22-23-17(35-30-25(22)31(40)37(4)32(41)36(30)3)12-15(2)33(28(23)38)29(39)24-20(43-6)14-21(44-7)26(34)27(24)46-33/h8-10,13-15,22,35H,1,11-12H2,2-7H3/t15-,22?,33+/m1/s1. The molecule has 0 saturated carbocycles. The number of nitrogens with zero attached hydrogens (tertiary/aromatic N) is 2. The summed E-state index contributed by atoms with van der Waals surface area (Å²) in [7, 11) is 7.21. The Morgan fingerprint density at radius 3 is 2.35 bits per heavy atom. The van der Waals surface area contributed by atoms with Gasteiger partial charge in [-0.3, -0.25) is 23.5 Å². The van der Waals surface area contributed by atoms with Gasteiger partial charge in [0.05, 0.1) is 26.9 Å². The number of carbonyl (C=O) groups is 2. The van der Waals surface area contributed by atoms with Gasteiger partial charge in [0.25, 0.3) is 5.56 Å². The number of hydrogen-bond acceptors (Lipinski definition) is 10. The lowest BCUT2D eigenvalue weighted by Gasteiger charge is -2.42. The average molecular weight is 650 g/mol. The van der Waals surface area contributed by atoms with E-state index >= 15 is 4.79 Å². The normalized spacial score (nSPS) is 21.2. The lowest BCUT2D eigenvalue weighted by Crippen LogP contribution is -2.58. The Balaban J connectivity index is 1.62. The van der Waals surface area contributed by atoms with Crippen LogP contribution in [0.3, 0.4) is 0 Å². The number of carbonyl (C=O) groups excluding carboxylic acids is 2. The van der Waals surface area contributed by atoms with Crippen molar-refractivity contribution in [2.24, 2.45) is 20.0 Å². The number of fused-ring (bicyclic) bond motifs is 2. The van der Waals surface area contributed by atoms with Gasteiger partial charge >= 0.3 is 5.69 Å². The first-order valence-electron chi connectivity index (χ1n) is 14.4. The predicted octanol–water partition coefficient (Wildman–Crippen LogP) is 3.76. The lowest BCUT2D eigenvalue weighted by atomic mass is 9.66. The third-order valence-electron chi connectivity index (χ3n) is 8.95. The molecule has 13 heteroatoms. The van der Waals surface area contributed by atoms with Gasteiger partial charge in [-0.05, 0) is 24.1 Å². The van der Waals surface area contributed by atoms with Crippen molar-refractivity contribution in [3.63, 3.8) is 0 Å². The first-order chi connectivity index (χ1) is 22.0. The molecule has 0 amide bonds. The third-order valence-corrected chi connectivity index (χ3v) is 9.31. The highest BCUT2D eigenvalue weighted by molar-refractivity contribution is 6.36. The number of aromatic nitrogens is 2. The highest BCUT2D eigenvalue weighted by Crippen LogP contribution is 2.56. The SMILES string of the molecule is C=CCOc1cc(C2C3=C(C[C@@H](C)[C@]4(Oc5c(Cl)c(OC)cc(OC)c5C4=O)C3=O)Nc3c2c(=O)n(C)c(=O)n3C)ccc1OC. The van der Waals surface area contributed by atoms with Crippen LogP contribution in [-0.2, 0) is 18.9 Å². The number of halogens is 1. The van der Waals surface area contributed by atoms with Gasteiger partial charge in [0.15, 0.2) is 17.2 Å². The maximum Gasteiger partial charge on any atom is 0.332 e. The van der Waals surface area contributed by atoms with Crippen molar-refractivity contribution in [3.8, 4) is 28.7 Å². The van der Waals surface area contributed by atoms with Gasteiger partial charge in [-0.2, -0.15) is 0 Å². The molecule has 0 saturated heterocycles. The van der Waals surface area contributed by atoms with E-state index in [-0.39, 0.29) is 57.8 Å². The number of ketones is 2. The van der Waals surface area contributed by atoms with E-state index in [9.17, 15) is 14.4 Å². The molecular weight excluding hydrogens is 618 g/mol. The maximum absolute atomic E-state index is 15.1. The van der Waals surface area contributed by atoms with Gasteiger partial charge in [-0.25, -0.2) is 4.79 Å². The molecular formula is C33H32ClN3O9. The second-order valence-corrected chi connectivity index (χ2v) is 11.7. The van der Waals surface area contributed by atoms with Crippen LogP contribution in [0.1, 0.15) is 40.7 Å². The summed E-state index contributed by atoms with van der Waals surface area (Å²) in [5, 5.41) is 3.23. The van der Waals surface area contributed by atoms with Crippen LogP contribution >= 0.6 is 11.6 Å². The van der Waals surface area contributed by atoms with Gasteiger partial charge in [-0.15, -0.1) is 0 Å². The van der Waals surface area contributed by atoms with E-state index < -0.39 is 40.3 Å². The average Bonchev–Trinajstić information content (AvgIpc) is 3.38. The Labute approximate surface area is 268 Å². The highest BCUT2D eigenvalue weighted by Gasteiger charge is 2.63. The molecule has 6 rings (SSSR count). The third kappa shape index (κ3) is 4.12. The Hall–Kier alpha value is -4.97. The molecule has 1 unspecified atom stereocenters. The number of nitrogens with one attached hydrogen (secondary N) is 1. The zero-order valence-electron chi connectivity index (χ0n) is 26.1. The van der Waals surface area contributed by atoms with Crippen LogP contribution < -0.4 is 40.3 Å². The monoisotopic (exact) mass is 649 g/mol. The minimum Gasteiger partial charge on any atom is -0.496 e. The van der Waals surface area contributed by atoms with Crippen molar-refractivity contribution in [1.82, 2.24) is 9.13 Å². The zero-order valence-corrected chi connectivity index (χ0v) is 26.9. The van der Waals surface area contributed by atoms with Crippen LogP contribution in [0, 0.1) is 5.92 Å². The van der Waals surface area contributed by atoms with Gasteiger partial charge in [0.2, 0.25) is 17.2 Å². The number of benzene rings is 2. The van der Waals surface area contributed by atoms with Gasteiger partial charge in [0.1, 0.15) is 34.5 Å². The predicted molar refractivity (Wildman–Crippen MR) is 169 cm³/mol. The summed E-state index contributed by atoms with van der Waals surface area (Å²) in [4.78, 5) is 56.4. The Morgan fingerprint density at radius 2 is 1.70 bits per heavy atom. The second kappa shape index (κ2) is 11.1. The molecule has 240 valence electrons. The Bertz CT molecular complexity index is 2010. The molecule has 1 aromatic heterocycles. The molecule has 12 nitrogen and oxygen atoms in total. The summed E-state index contributed by atoms with van der Waals surface area (Å²) in [6.45, 7) is 5.60. The van der Waals surface area contributed by atoms with Crippen molar-refractivity contribution in [2.75, 3.05) is 33.3 Å². The summed E-state index contributed by atoms with van der Waals surface area (Å²) in [5.74, 6) is -1.66. The van der Waals surface area contributed by atoms with E-state index in [1.165, 1.54) is 39.0 Å². The number of hydrogen-bond donors (Lipinski definition) is 1. The number of rotatable bonds is 7. The second-order valence-electron chi connectivity index (χ2n) is 11.3. The number of Topliss-reactive ketones (excluding diaryl/α,β-unsaturated/α-hetero) is 2. The van der Waals surface area contributed by atoms with E-state index in [1.54, 1.807) is 38.2 Å². The fraction of sp³-hybridized carbons (Fsp3) is 0.333. The summed E-state index contributed by atoms with van der Waals surface area (Å²) < 4.78 is 30.9. The highest BCUT2D eigenvalue weighted by atomic mass is 35.5. The maximum atomic E-state index is 15.1. The molecule has 3 aromatic rings. The summed E-state index contributed by atoms with van der Waals surface area (Å²) in [6.07, 6.45) is 1.73. The van der Waals surface area contributed by atoms with Crippen LogP contribution in [0.5, 0.6) is 28.7 Å². The molecule has 3 atom stereocenters. The smallest absolute Gasteiger partial charge is 0.332 e. The van der Waals surface area contributed by atoms with Crippen LogP contribution in [-0.4, -0.2) is 54.2 Å².